The van der Waals surface area contributed by atoms with Crippen LogP contribution in [0.15, 0.2) is 28.7 Å². The second-order valence-corrected chi connectivity index (χ2v) is 5.17. The van der Waals surface area contributed by atoms with Crippen LogP contribution in [0.4, 0.5) is 0 Å². The molecule has 21 heavy (non-hydrogen) atoms. The fourth-order valence-corrected chi connectivity index (χ4v) is 1.89. The van der Waals surface area contributed by atoms with Gasteiger partial charge in [-0.25, -0.2) is 0 Å². The first-order valence-corrected chi connectivity index (χ1v) is 7.32. The zero-order chi connectivity index (χ0) is 14.8. The lowest BCUT2D eigenvalue weighted by Crippen LogP contribution is -2.40. The van der Waals surface area contributed by atoms with Crippen molar-refractivity contribution in [2.24, 2.45) is 0 Å². The van der Waals surface area contributed by atoms with E-state index in [4.69, 9.17) is 9.47 Å². The maximum Gasteiger partial charge on any atom is 0.260 e. The summed E-state index contributed by atoms with van der Waals surface area (Å²) in [5.41, 5.74) is 0. The van der Waals surface area contributed by atoms with Crippen LogP contribution in [0.5, 0.6) is 5.75 Å². The molecule has 0 aromatic heterocycles. The van der Waals surface area contributed by atoms with E-state index in [1.54, 1.807) is 14.0 Å². The molecule has 2 N–H and O–H groups in total. The van der Waals surface area contributed by atoms with Gasteiger partial charge in [0.1, 0.15) is 5.75 Å². The molecule has 5 nitrogen and oxygen atoms in total. The van der Waals surface area contributed by atoms with E-state index in [0.29, 0.717) is 25.4 Å². The van der Waals surface area contributed by atoms with Gasteiger partial charge in [-0.05, 0) is 25.1 Å². The Morgan fingerprint density at radius 3 is 2.76 bits per heavy atom. The molecular formula is C14H22BrClN2O3. The predicted molar refractivity (Wildman–Crippen MR) is 89.2 cm³/mol. The molecule has 1 amide bonds. The third-order valence-electron chi connectivity index (χ3n) is 2.56. The minimum atomic E-state index is -0.525. The molecule has 1 atom stereocenters. The van der Waals surface area contributed by atoms with Crippen molar-refractivity contribution in [3.05, 3.63) is 28.7 Å². The van der Waals surface area contributed by atoms with Crippen LogP contribution >= 0.6 is 28.3 Å². The fourth-order valence-electron chi connectivity index (χ4n) is 1.51. The Morgan fingerprint density at radius 2 is 2.10 bits per heavy atom. The summed E-state index contributed by atoms with van der Waals surface area (Å²) in [6, 6.07) is 7.42. The number of carbonyl (C=O) groups is 1. The monoisotopic (exact) mass is 380 g/mol. The van der Waals surface area contributed by atoms with E-state index in [0.717, 1.165) is 11.0 Å². The third kappa shape index (κ3) is 8.93. The molecule has 0 bridgehead atoms. The van der Waals surface area contributed by atoms with Gasteiger partial charge < -0.3 is 20.1 Å². The van der Waals surface area contributed by atoms with E-state index in [-0.39, 0.29) is 18.3 Å². The predicted octanol–water partition coefficient (Wildman–Crippen LogP) is 1.99. The van der Waals surface area contributed by atoms with Gasteiger partial charge in [0.05, 0.1) is 6.61 Å². The molecule has 1 unspecified atom stereocenters. The van der Waals surface area contributed by atoms with Crippen LogP contribution < -0.4 is 15.4 Å². The Bertz CT molecular complexity index is 421. The number of amides is 1. The largest absolute Gasteiger partial charge is 0.481 e. The van der Waals surface area contributed by atoms with Gasteiger partial charge in [-0.3, -0.25) is 4.79 Å². The second-order valence-electron chi connectivity index (χ2n) is 4.25. The third-order valence-corrected chi connectivity index (χ3v) is 3.06. The number of hydrogen-bond acceptors (Lipinski definition) is 4. The van der Waals surface area contributed by atoms with Crippen LogP contribution in [0.2, 0.25) is 0 Å². The highest BCUT2D eigenvalue weighted by Crippen LogP contribution is 2.18. The lowest BCUT2D eigenvalue weighted by atomic mass is 10.3. The Hall–Kier alpha value is -0.820. The molecular weight excluding hydrogens is 360 g/mol. The van der Waals surface area contributed by atoms with Crippen molar-refractivity contribution in [2.45, 2.75) is 13.0 Å². The number of ether oxygens (including phenoxy) is 2. The van der Waals surface area contributed by atoms with Gasteiger partial charge in [0.15, 0.2) is 6.10 Å². The molecule has 0 fully saturated rings. The minimum Gasteiger partial charge on any atom is -0.481 e. The van der Waals surface area contributed by atoms with Crippen molar-refractivity contribution in [2.75, 3.05) is 33.4 Å². The second kappa shape index (κ2) is 11.8. The van der Waals surface area contributed by atoms with Crippen LogP contribution in [-0.2, 0) is 9.53 Å². The standard InChI is InChI=1S/C14H21BrN2O3.ClH/c1-11(20-13-5-3-4-12(15)10-13)14(18)17-7-6-16-8-9-19-2;/h3-5,10-11,16H,6-9H2,1-2H3,(H,17,18);1H. The van der Waals surface area contributed by atoms with Crippen molar-refractivity contribution >= 4 is 34.2 Å². The van der Waals surface area contributed by atoms with Gasteiger partial charge in [-0.2, -0.15) is 0 Å². The Balaban J connectivity index is 0.00000400. The molecule has 0 radical (unpaired) electrons. The van der Waals surface area contributed by atoms with Crippen molar-refractivity contribution in [3.8, 4) is 5.75 Å². The van der Waals surface area contributed by atoms with Gasteiger partial charge in [0.25, 0.3) is 5.91 Å². The zero-order valence-corrected chi connectivity index (χ0v) is 14.6. The van der Waals surface area contributed by atoms with E-state index < -0.39 is 6.10 Å². The topological polar surface area (TPSA) is 59.6 Å². The molecule has 0 aliphatic carbocycles. The maximum atomic E-state index is 11.8. The van der Waals surface area contributed by atoms with Gasteiger partial charge in [-0.1, -0.05) is 22.0 Å². The first-order chi connectivity index (χ1) is 9.63. The molecule has 1 aromatic rings. The highest BCUT2D eigenvalue weighted by Gasteiger charge is 2.13. The van der Waals surface area contributed by atoms with Crippen molar-refractivity contribution in [3.63, 3.8) is 0 Å². The molecule has 0 spiro atoms. The number of carbonyl (C=O) groups excluding carboxylic acids is 1. The van der Waals surface area contributed by atoms with Crippen LogP contribution in [0.1, 0.15) is 6.92 Å². The van der Waals surface area contributed by atoms with Crippen molar-refractivity contribution in [1.82, 2.24) is 10.6 Å². The summed E-state index contributed by atoms with van der Waals surface area (Å²) < 4.78 is 11.4. The number of nitrogens with one attached hydrogen (secondary N) is 2. The number of hydrogen-bond donors (Lipinski definition) is 2. The molecule has 0 saturated carbocycles. The quantitative estimate of drug-likeness (QED) is 0.642. The van der Waals surface area contributed by atoms with Gasteiger partial charge in [0, 0.05) is 31.2 Å². The maximum absolute atomic E-state index is 11.8. The summed E-state index contributed by atoms with van der Waals surface area (Å²) in [5.74, 6) is 0.541. The van der Waals surface area contributed by atoms with Gasteiger partial charge in [0.2, 0.25) is 0 Å². The van der Waals surface area contributed by atoms with Crippen LogP contribution in [0, 0.1) is 0 Å². The van der Waals surface area contributed by atoms with E-state index >= 15 is 0 Å². The van der Waals surface area contributed by atoms with E-state index in [1.807, 2.05) is 24.3 Å². The summed E-state index contributed by atoms with van der Waals surface area (Å²) in [6.07, 6.45) is -0.525. The summed E-state index contributed by atoms with van der Waals surface area (Å²) >= 11 is 3.36. The summed E-state index contributed by atoms with van der Waals surface area (Å²) in [7, 11) is 1.66. The SMILES string of the molecule is COCCNCCNC(=O)C(C)Oc1cccc(Br)c1.Cl. The highest BCUT2D eigenvalue weighted by atomic mass is 79.9. The number of halogens is 2. The lowest BCUT2D eigenvalue weighted by Gasteiger charge is -2.15. The van der Waals surface area contributed by atoms with E-state index in [2.05, 4.69) is 26.6 Å². The molecule has 1 aromatic carbocycles. The molecule has 0 heterocycles. The molecule has 0 aliphatic heterocycles. The zero-order valence-electron chi connectivity index (χ0n) is 12.2. The Kier molecular flexibility index (Phi) is 11.3. The van der Waals surface area contributed by atoms with E-state index in [1.165, 1.54) is 0 Å². The molecule has 1 rings (SSSR count). The van der Waals surface area contributed by atoms with E-state index in [9.17, 15) is 4.79 Å². The Morgan fingerprint density at radius 1 is 1.33 bits per heavy atom. The smallest absolute Gasteiger partial charge is 0.260 e. The Labute approximate surface area is 140 Å². The average Bonchev–Trinajstić information content (AvgIpc) is 2.42. The van der Waals surface area contributed by atoms with Crippen LogP contribution in [-0.4, -0.2) is 45.4 Å². The van der Waals surface area contributed by atoms with Crippen molar-refractivity contribution < 1.29 is 14.3 Å². The number of benzene rings is 1. The molecule has 0 aliphatic rings. The lowest BCUT2D eigenvalue weighted by molar-refractivity contribution is -0.127. The van der Waals surface area contributed by atoms with Crippen LogP contribution in [0.3, 0.4) is 0 Å². The summed E-state index contributed by atoms with van der Waals surface area (Å²) in [6.45, 7) is 4.44. The fraction of sp³-hybridized carbons (Fsp3) is 0.500. The first kappa shape index (κ1) is 20.2. The van der Waals surface area contributed by atoms with Crippen molar-refractivity contribution in [1.29, 1.82) is 0 Å². The number of methoxy groups -OCH3 is 1. The van der Waals surface area contributed by atoms with Gasteiger partial charge >= 0.3 is 0 Å². The van der Waals surface area contributed by atoms with Gasteiger partial charge in [-0.15, -0.1) is 12.4 Å². The highest BCUT2D eigenvalue weighted by molar-refractivity contribution is 9.10. The molecule has 7 heteroatoms. The van der Waals surface area contributed by atoms with Crippen LogP contribution in [0.25, 0.3) is 0 Å². The summed E-state index contributed by atoms with van der Waals surface area (Å²) in [5, 5.41) is 5.97. The molecule has 120 valence electrons. The first-order valence-electron chi connectivity index (χ1n) is 6.53. The number of rotatable bonds is 9. The minimum absolute atomic E-state index is 0. The average molecular weight is 382 g/mol. The molecule has 0 saturated heterocycles. The normalized spacial score (nSPS) is 11.4. The summed E-state index contributed by atoms with van der Waals surface area (Å²) in [4.78, 5) is 11.8.